The van der Waals surface area contributed by atoms with Crippen LogP contribution in [0.3, 0.4) is 0 Å². The normalized spacial score (nSPS) is 14.8. The van der Waals surface area contributed by atoms with E-state index in [2.05, 4.69) is 122 Å². The highest BCUT2D eigenvalue weighted by Gasteiger charge is 2.17. The molecular formula is C35H37N. The first-order chi connectivity index (χ1) is 17.6. The molecule has 0 saturated heterocycles. The van der Waals surface area contributed by atoms with Crippen molar-refractivity contribution in [2.75, 3.05) is 0 Å². The van der Waals surface area contributed by atoms with Gasteiger partial charge in [0.2, 0.25) is 0 Å². The van der Waals surface area contributed by atoms with Crippen LogP contribution in [-0.2, 0) is 6.54 Å². The van der Waals surface area contributed by atoms with E-state index in [1.165, 1.54) is 65.4 Å². The van der Waals surface area contributed by atoms with Crippen molar-refractivity contribution in [3.05, 3.63) is 126 Å². The van der Waals surface area contributed by atoms with Gasteiger partial charge in [0.05, 0.1) is 0 Å². The van der Waals surface area contributed by atoms with Gasteiger partial charge >= 0.3 is 0 Å². The van der Waals surface area contributed by atoms with Crippen LogP contribution in [0.5, 0.6) is 0 Å². The summed E-state index contributed by atoms with van der Waals surface area (Å²) in [5.41, 5.74) is 9.88. The SMILES string of the molecule is C=C(/C(=C\C=C\c1c(C)n(CCC2CCCC2)c2ccccc12)c1ccccc1C)c1ccccc1. The molecule has 0 bridgehead atoms. The first kappa shape index (κ1) is 24.1. The molecule has 1 heterocycles. The Hall–Kier alpha value is -3.58. The summed E-state index contributed by atoms with van der Waals surface area (Å²) in [5.74, 6) is 0.896. The molecular weight excluding hydrogens is 434 g/mol. The highest BCUT2D eigenvalue weighted by molar-refractivity contribution is 6.05. The van der Waals surface area contributed by atoms with Crippen LogP contribution in [0.1, 0.15) is 60.1 Å². The number of benzene rings is 3. The van der Waals surface area contributed by atoms with Gasteiger partial charge in [0.1, 0.15) is 0 Å². The summed E-state index contributed by atoms with van der Waals surface area (Å²) in [7, 11) is 0. The molecule has 0 aliphatic heterocycles. The fourth-order valence-electron chi connectivity index (χ4n) is 5.83. The van der Waals surface area contributed by atoms with Crippen molar-refractivity contribution in [2.45, 2.75) is 52.5 Å². The maximum Gasteiger partial charge on any atom is 0.0488 e. The predicted molar refractivity (Wildman–Crippen MR) is 157 cm³/mol. The van der Waals surface area contributed by atoms with Gasteiger partial charge in [0.15, 0.2) is 0 Å². The molecule has 182 valence electrons. The average molecular weight is 472 g/mol. The lowest BCUT2D eigenvalue weighted by atomic mass is 9.90. The Bertz CT molecular complexity index is 1410. The number of rotatable bonds is 8. The van der Waals surface area contributed by atoms with Crippen molar-refractivity contribution in [1.82, 2.24) is 4.57 Å². The second-order valence-corrected chi connectivity index (χ2v) is 10.2. The second kappa shape index (κ2) is 11.0. The lowest BCUT2D eigenvalue weighted by Crippen LogP contribution is -2.05. The van der Waals surface area contributed by atoms with Crippen LogP contribution in [0.4, 0.5) is 0 Å². The van der Waals surface area contributed by atoms with Crippen molar-refractivity contribution >= 4 is 28.1 Å². The molecule has 0 N–H and O–H groups in total. The van der Waals surface area contributed by atoms with Gasteiger partial charge in [0, 0.05) is 28.7 Å². The summed E-state index contributed by atoms with van der Waals surface area (Å²) in [6.07, 6.45) is 13.7. The second-order valence-electron chi connectivity index (χ2n) is 10.2. The van der Waals surface area contributed by atoms with Crippen molar-refractivity contribution in [2.24, 2.45) is 5.92 Å². The smallest absolute Gasteiger partial charge is 0.0488 e. The van der Waals surface area contributed by atoms with E-state index in [9.17, 15) is 0 Å². The number of aryl methyl sites for hydroxylation is 2. The van der Waals surface area contributed by atoms with Crippen LogP contribution in [0, 0.1) is 19.8 Å². The number of hydrogen-bond donors (Lipinski definition) is 0. The maximum atomic E-state index is 4.50. The van der Waals surface area contributed by atoms with E-state index in [1.807, 2.05) is 0 Å². The fourth-order valence-corrected chi connectivity index (χ4v) is 5.83. The standard InChI is InChI=1S/C35H37N/c1-26-14-7-10-19-31(26)32(27(2)30-17-5-4-6-18-30)21-13-22-33-28(3)36(25-24-29-15-8-9-16-29)35-23-12-11-20-34(33)35/h4-7,10-14,17-23,29H,2,8-9,15-16,24-25H2,1,3H3/b22-13+,32-21+. The van der Waals surface area contributed by atoms with Crippen molar-refractivity contribution in [3.63, 3.8) is 0 Å². The number of nitrogens with zero attached hydrogens (tertiary/aromatic N) is 1. The topological polar surface area (TPSA) is 4.93 Å². The summed E-state index contributed by atoms with van der Waals surface area (Å²) in [4.78, 5) is 0. The molecule has 5 rings (SSSR count). The highest BCUT2D eigenvalue weighted by Crippen LogP contribution is 2.34. The minimum atomic E-state index is 0.896. The molecule has 0 spiro atoms. The quantitative estimate of drug-likeness (QED) is 0.225. The molecule has 1 heteroatoms. The van der Waals surface area contributed by atoms with Crippen molar-refractivity contribution in [1.29, 1.82) is 0 Å². The van der Waals surface area contributed by atoms with Gasteiger partial charge in [-0.2, -0.15) is 0 Å². The zero-order valence-electron chi connectivity index (χ0n) is 21.7. The van der Waals surface area contributed by atoms with Crippen LogP contribution in [0.15, 0.2) is 97.6 Å². The lowest BCUT2D eigenvalue weighted by molar-refractivity contribution is 0.460. The number of aromatic nitrogens is 1. The van der Waals surface area contributed by atoms with Crippen LogP contribution in [-0.4, -0.2) is 4.57 Å². The summed E-state index contributed by atoms with van der Waals surface area (Å²) >= 11 is 0. The van der Waals surface area contributed by atoms with Crippen LogP contribution in [0.2, 0.25) is 0 Å². The fraction of sp³-hybridized carbons (Fsp3) is 0.257. The Labute approximate surface area is 216 Å². The first-order valence-electron chi connectivity index (χ1n) is 13.4. The Morgan fingerprint density at radius 2 is 1.58 bits per heavy atom. The molecule has 1 saturated carbocycles. The predicted octanol–water partition coefficient (Wildman–Crippen LogP) is 9.65. The minimum absolute atomic E-state index is 0.896. The van der Waals surface area contributed by atoms with E-state index in [0.717, 1.165) is 29.2 Å². The van der Waals surface area contributed by atoms with E-state index in [-0.39, 0.29) is 0 Å². The molecule has 1 nitrogen and oxygen atoms in total. The molecule has 0 amide bonds. The summed E-state index contributed by atoms with van der Waals surface area (Å²) in [6, 6.07) is 27.9. The highest BCUT2D eigenvalue weighted by atomic mass is 15.0. The van der Waals surface area contributed by atoms with Gasteiger partial charge in [-0.05, 0) is 60.1 Å². The zero-order chi connectivity index (χ0) is 24.9. The van der Waals surface area contributed by atoms with E-state index < -0.39 is 0 Å². The molecule has 1 aromatic heterocycles. The van der Waals surface area contributed by atoms with E-state index in [1.54, 1.807) is 0 Å². The average Bonchev–Trinajstić information content (AvgIpc) is 3.52. The summed E-state index contributed by atoms with van der Waals surface area (Å²) in [6.45, 7) is 10.1. The number of fused-ring (bicyclic) bond motifs is 1. The van der Waals surface area contributed by atoms with Crippen LogP contribution in [0.25, 0.3) is 28.1 Å². The monoisotopic (exact) mass is 471 g/mol. The van der Waals surface area contributed by atoms with Crippen molar-refractivity contribution < 1.29 is 0 Å². The molecule has 1 fully saturated rings. The van der Waals surface area contributed by atoms with E-state index >= 15 is 0 Å². The molecule has 0 radical (unpaired) electrons. The lowest BCUT2D eigenvalue weighted by Gasteiger charge is -2.14. The zero-order valence-corrected chi connectivity index (χ0v) is 21.7. The van der Waals surface area contributed by atoms with Gasteiger partial charge in [-0.1, -0.05) is 123 Å². The molecule has 4 aromatic rings. The molecule has 1 aliphatic rings. The third kappa shape index (κ3) is 5.02. The van der Waals surface area contributed by atoms with Gasteiger partial charge in [-0.3, -0.25) is 0 Å². The van der Waals surface area contributed by atoms with Crippen molar-refractivity contribution in [3.8, 4) is 0 Å². The van der Waals surface area contributed by atoms with E-state index in [4.69, 9.17) is 0 Å². The molecule has 36 heavy (non-hydrogen) atoms. The first-order valence-corrected chi connectivity index (χ1v) is 13.4. The number of hydrogen-bond acceptors (Lipinski definition) is 0. The third-order valence-corrected chi connectivity index (χ3v) is 7.92. The van der Waals surface area contributed by atoms with Crippen LogP contribution >= 0.6 is 0 Å². The van der Waals surface area contributed by atoms with Gasteiger partial charge in [-0.25, -0.2) is 0 Å². The Balaban J connectivity index is 1.51. The molecule has 0 atom stereocenters. The molecule has 3 aromatic carbocycles. The van der Waals surface area contributed by atoms with Gasteiger partial charge < -0.3 is 4.57 Å². The largest absolute Gasteiger partial charge is 0.344 e. The van der Waals surface area contributed by atoms with Crippen LogP contribution < -0.4 is 0 Å². The van der Waals surface area contributed by atoms with Gasteiger partial charge in [-0.15, -0.1) is 0 Å². The third-order valence-electron chi connectivity index (χ3n) is 7.92. The number of para-hydroxylation sites is 1. The van der Waals surface area contributed by atoms with E-state index in [0.29, 0.717) is 0 Å². The molecule has 1 aliphatic carbocycles. The maximum absolute atomic E-state index is 4.50. The molecule has 0 unspecified atom stereocenters. The minimum Gasteiger partial charge on any atom is -0.344 e. The summed E-state index contributed by atoms with van der Waals surface area (Å²) < 4.78 is 2.54. The summed E-state index contributed by atoms with van der Waals surface area (Å²) in [5, 5.41) is 1.34. The Morgan fingerprint density at radius 1 is 0.889 bits per heavy atom. The number of allylic oxidation sites excluding steroid dienone is 4. The Morgan fingerprint density at radius 3 is 2.36 bits per heavy atom. The Kier molecular flexibility index (Phi) is 7.37. The van der Waals surface area contributed by atoms with Gasteiger partial charge in [0.25, 0.3) is 0 Å².